The molecule has 0 radical (unpaired) electrons. The predicted molar refractivity (Wildman–Crippen MR) is 102 cm³/mol. The number of thiazole rings is 1. The maximum absolute atomic E-state index is 13.8. The van der Waals surface area contributed by atoms with Gasteiger partial charge in [-0.25, -0.2) is 13.8 Å². The van der Waals surface area contributed by atoms with E-state index in [1.165, 1.54) is 0 Å². The molecule has 4 nitrogen and oxygen atoms in total. The minimum Gasteiger partial charge on any atom is -0.483 e. The van der Waals surface area contributed by atoms with Crippen molar-refractivity contribution in [1.82, 2.24) is 4.98 Å². The van der Waals surface area contributed by atoms with Gasteiger partial charge in [0.05, 0.1) is 5.69 Å². The highest BCUT2D eigenvalue weighted by atomic mass is 32.1. The molecule has 3 rings (SSSR count). The second kappa shape index (κ2) is 7.84. The first-order chi connectivity index (χ1) is 12.8. The molecule has 1 amide bonds. The van der Waals surface area contributed by atoms with Crippen molar-refractivity contribution >= 4 is 22.4 Å². The van der Waals surface area contributed by atoms with E-state index in [0.717, 1.165) is 46.2 Å². The van der Waals surface area contributed by atoms with Gasteiger partial charge in [-0.3, -0.25) is 10.1 Å². The van der Waals surface area contributed by atoms with E-state index in [0.29, 0.717) is 10.9 Å². The molecule has 0 saturated heterocycles. The highest BCUT2D eigenvalue weighted by molar-refractivity contribution is 7.14. The lowest BCUT2D eigenvalue weighted by Crippen LogP contribution is -2.20. The summed E-state index contributed by atoms with van der Waals surface area (Å²) >= 11 is 1.13. The first kappa shape index (κ1) is 19.0. The van der Waals surface area contributed by atoms with E-state index in [1.54, 1.807) is 5.38 Å². The fourth-order valence-corrected chi connectivity index (χ4v) is 3.56. The Kier molecular flexibility index (Phi) is 5.51. The van der Waals surface area contributed by atoms with Gasteiger partial charge in [0, 0.05) is 10.9 Å². The summed E-state index contributed by atoms with van der Waals surface area (Å²) in [6.45, 7) is 5.67. The number of nitrogens with zero attached hydrogens (tertiary/aromatic N) is 1. The molecule has 140 valence electrons. The topological polar surface area (TPSA) is 51.2 Å². The first-order valence-corrected chi connectivity index (χ1v) is 9.13. The number of amides is 1. The van der Waals surface area contributed by atoms with E-state index in [1.807, 2.05) is 32.9 Å². The second-order valence-electron chi connectivity index (χ2n) is 6.23. The average molecular weight is 388 g/mol. The molecule has 7 heteroatoms. The molecule has 2 aromatic carbocycles. The molecule has 0 aliphatic heterocycles. The van der Waals surface area contributed by atoms with Crippen molar-refractivity contribution in [2.45, 2.75) is 20.8 Å². The van der Waals surface area contributed by atoms with Gasteiger partial charge in [-0.05, 0) is 50.1 Å². The van der Waals surface area contributed by atoms with Crippen LogP contribution in [-0.4, -0.2) is 17.5 Å². The van der Waals surface area contributed by atoms with Gasteiger partial charge < -0.3 is 4.74 Å². The summed E-state index contributed by atoms with van der Waals surface area (Å²) in [5.74, 6) is -0.831. The molecule has 0 aliphatic rings. The van der Waals surface area contributed by atoms with Crippen LogP contribution in [0.15, 0.2) is 35.7 Å². The lowest BCUT2D eigenvalue weighted by molar-refractivity contribution is -0.118. The third-order valence-electron chi connectivity index (χ3n) is 3.91. The Bertz CT molecular complexity index is 978. The minimum absolute atomic E-state index is 0.0499. The molecular weight excluding hydrogens is 370 g/mol. The van der Waals surface area contributed by atoms with Crippen LogP contribution in [0, 0.1) is 32.4 Å². The monoisotopic (exact) mass is 388 g/mol. The van der Waals surface area contributed by atoms with Crippen LogP contribution in [-0.2, 0) is 4.79 Å². The van der Waals surface area contributed by atoms with E-state index in [4.69, 9.17) is 4.74 Å². The number of benzene rings is 2. The molecule has 1 N–H and O–H groups in total. The van der Waals surface area contributed by atoms with Crippen molar-refractivity contribution < 1.29 is 18.3 Å². The van der Waals surface area contributed by atoms with E-state index >= 15 is 0 Å². The third kappa shape index (κ3) is 4.49. The van der Waals surface area contributed by atoms with Gasteiger partial charge in [0.15, 0.2) is 11.7 Å². The number of hydrogen-bond donors (Lipinski definition) is 1. The van der Waals surface area contributed by atoms with Crippen molar-refractivity contribution in [3.05, 3.63) is 64.0 Å². The zero-order valence-electron chi connectivity index (χ0n) is 15.1. The first-order valence-electron chi connectivity index (χ1n) is 8.25. The van der Waals surface area contributed by atoms with Crippen molar-refractivity contribution in [2.24, 2.45) is 0 Å². The third-order valence-corrected chi connectivity index (χ3v) is 4.66. The van der Waals surface area contributed by atoms with Gasteiger partial charge in [-0.15, -0.1) is 11.3 Å². The van der Waals surface area contributed by atoms with Crippen molar-refractivity contribution in [1.29, 1.82) is 0 Å². The van der Waals surface area contributed by atoms with E-state index < -0.39 is 11.6 Å². The van der Waals surface area contributed by atoms with Gasteiger partial charge in [-0.1, -0.05) is 17.7 Å². The Labute approximate surface area is 159 Å². The smallest absolute Gasteiger partial charge is 0.264 e. The molecule has 0 spiro atoms. The fourth-order valence-electron chi connectivity index (χ4n) is 2.84. The molecule has 0 aliphatic carbocycles. The van der Waals surface area contributed by atoms with Crippen molar-refractivity contribution in [2.75, 3.05) is 11.9 Å². The van der Waals surface area contributed by atoms with Gasteiger partial charge in [0.1, 0.15) is 17.4 Å². The minimum atomic E-state index is -0.576. The summed E-state index contributed by atoms with van der Waals surface area (Å²) in [5.41, 5.74) is 3.35. The molecule has 0 atom stereocenters. The highest BCUT2D eigenvalue weighted by Gasteiger charge is 2.13. The number of ether oxygens (including phenoxy) is 1. The largest absolute Gasteiger partial charge is 0.483 e. The van der Waals surface area contributed by atoms with Crippen LogP contribution in [0.3, 0.4) is 0 Å². The highest BCUT2D eigenvalue weighted by Crippen LogP contribution is 2.28. The Morgan fingerprint density at radius 3 is 2.56 bits per heavy atom. The van der Waals surface area contributed by atoms with Crippen LogP contribution < -0.4 is 10.1 Å². The number of halogens is 2. The second-order valence-corrected chi connectivity index (χ2v) is 7.08. The SMILES string of the molecule is Cc1cc(C)c(OCC(=O)Nc2nc(-c3cc(F)ccc3F)cs2)c(C)c1. The Morgan fingerprint density at radius 2 is 1.85 bits per heavy atom. The van der Waals surface area contributed by atoms with Crippen LogP contribution in [0.25, 0.3) is 11.3 Å². The molecule has 0 fully saturated rings. The standard InChI is InChI=1S/C20H18F2N2O2S/c1-11-6-12(2)19(13(3)7-11)26-9-18(25)24-20-23-17(10-27-20)15-8-14(21)4-5-16(15)22/h4-8,10H,9H2,1-3H3,(H,23,24,25). The molecule has 1 aromatic heterocycles. The summed E-state index contributed by atoms with van der Waals surface area (Å²) < 4.78 is 32.8. The van der Waals surface area contributed by atoms with Gasteiger partial charge in [0.2, 0.25) is 0 Å². The van der Waals surface area contributed by atoms with Crippen molar-refractivity contribution in [3.63, 3.8) is 0 Å². The van der Waals surface area contributed by atoms with Crippen molar-refractivity contribution in [3.8, 4) is 17.0 Å². The lowest BCUT2D eigenvalue weighted by atomic mass is 10.1. The number of hydrogen-bond acceptors (Lipinski definition) is 4. The summed E-state index contributed by atoms with van der Waals surface area (Å²) in [5, 5.41) is 4.46. The number of aryl methyl sites for hydroxylation is 3. The van der Waals surface area contributed by atoms with Crippen LogP contribution in [0.2, 0.25) is 0 Å². The summed E-state index contributed by atoms with van der Waals surface area (Å²) in [6.07, 6.45) is 0. The molecular formula is C20H18F2N2O2S. The summed E-state index contributed by atoms with van der Waals surface area (Å²) in [7, 11) is 0. The Hall–Kier alpha value is -2.80. The normalized spacial score (nSPS) is 10.7. The Balaban J connectivity index is 1.66. The maximum atomic E-state index is 13.8. The number of carbonyl (C=O) groups is 1. The van der Waals surface area contributed by atoms with Gasteiger partial charge >= 0.3 is 0 Å². The quantitative estimate of drug-likeness (QED) is 0.667. The Morgan fingerprint density at radius 1 is 1.15 bits per heavy atom. The molecule has 3 aromatic rings. The lowest BCUT2D eigenvalue weighted by Gasteiger charge is -2.12. The fraction of sp³-hybridized carbons (Fsp3) is 0.200. The molecule has 1 heterocycles. The molecule has 27 heavy (non-hydrogen) atoms. The van der Waals surface area contributed by atoms with Gasteiger partial charge in [0.25, 0.3) is 5.91 Å². The number of nitrogens with one attached hydrogen (secondary N) is 1. The summed E-state index contributed by atoms with van der Waals surface area (Å²) in [6, 6.07) is 7.13. The van der Waals surface area contributed by atoms with E-state index in [9.17, 15) is 13.6 Å². The van der Waals surface area contributed by atoms with Crippen LogP contribution in [0.5, 0.6) is 5.75 Å². The van der Waals surface area contributed by atoms with E-state index in [-0.39, 0.29) is 23.8 Å². The molecule has 0 saturated carbocycles. The maximum Gasteiger partial charge on any atom is 0.264 e. The van der Waals surface area contributed by atoms with Crippen LogP contribution in [0.4, 0.5) is 13.9 Å². The number of rotatable bonds is 5. The van der Waals surface area contributed by atoms with Gasteiger partial charge in [-0.2, -0.15) is 0 Å². The zero-order valence-corrected chi connectivity index (χ0v) is 15.9. The summed E-state index contributed by atoms with van der Waals surface area (Å²) in [4.78, 5) is 16.3. The number of anilines is 1. The van der Waals surface area contributed by atoms with E-state index in [2.05, 4.69) is 10.3 Å². The zero-order chi connectivity index (χ0) is 19.6. The number of aromatic nitrogens is 1. The number of carbonyl (C=O) groups excluding carboxylic acids is 1. The van der Waals surface area contributed by atoms with Crippen LogP contribution in [0.1, 0.15) is 16.7 Å². The molecule has 0 unspecified atom stereocenters. The average Bonchev–Trinajstić information content (AvgIpc) is 3.04. The van der Waals surface area contributed by atoms with Crippen LogP contribution >= 0.6 is 11.3 Å². The predicted octanol–water partition coefficient (Wildman–Crippen LogP) is 5.03. The molecule has 0 bridgehead atoms.